The monoisotopic (exact) mass is 299 g/mol. The minimum atomic E-state index is 0.0271. The Morgan fingerprint density at radius 2 is 2.37 bits per heavy atom. The molecule has 104 valence electrons. The summed E-state index contributed by atoms with van der Waals surface area (Å²) < 4.78 is 0. The van der Waals surface area contributed by atoms with Crippen LogP contribution < -0.4 is 0 Å². The van der Waals surface area contributed by atoms with E-state index >= 15 is 0 Å². The lowest BCUT2D eigenvalue weighted by Gasteiger charge is -2.22. The van der Waals surface area contributed by atoms with Gasteiger partial charge in [0.2, 0.25) is 5.91 Å². The van der Waals surface area contributed by atoms with Gasteiger partial charge in [-0.25, -0.2) is 0 Å². The fraction of sp³-hybridized carbons (Fsp3) is 0.500. The lowest BCUT2D eigenvalue weighted by Crippen LogP contribution is -2.38. The van der Waals surface area contributed by atoms with E-state index in [1.54, 1.807) is 11.8 Å². The molecule has 19 heavy (non-hydrogen) atoms. The van der Waals surface area contributed by atoms with Crippen LogP contribution in [0, 0.1) is 0 Å². The number of nitrogens with zero attached hydrogens (tertiary/aromatic N) is 1. The zero-order valence-electron chi connectivity index (χ0n) is 10.7. The summed E-state index contributed by atoms with van der Waals surface area (Å²) in [6.45, 7) is 0.854. The third kappa shape index (κ3) is 4.13. The summed E-state index contributed by atoms with van der Waals surface area (Å²) in [6.07, 6.45) is 1.91. The van der Waals surface area contributed by atoms with E-state index in [-0.39, 0.29) is 18.6 Å². The molecule has 0 saturated carbocycles. The molecule has 1 aromatic carbocycles. The molecule has 1 aromatic rings. The van der Waals surface area contributed by atoms with Crippen molar-refractivity contribution in [2.75, 3.05) is 18.9 Å². The van der Waals surface area contributed by atoms with Crippen LogP contribution >= 0.6 is 23.4 Å². The van der Waals surface area contributed by atoms with Crippen LogP contribution in [0.25, 0.3) is 0 Å². The first kappa shape index (κ1) is 14.7. The van der Waals surface area contributed by atoms with Crippen molar-refractivity contribution in [1.29, 1.82) is 0 Å². The summed E-state index contributed by atoms with van der Waals surface area (Å²) in [7, 11) is 0. The highest BCUT2D eigenvalue weighted by molar-refractivity contribution is 7.99. The molecule has 1 fully saturated rings. The zero-order valence-corrected chi connectivity index (χ0v) is 12.3. The van der Waals surface area contributed by atoms with Gasteiger partial charge < -0.3 is 10.0 Å². The van der Waals surface area contributed by atoms with Gasteiger partial charge in [0, 0.05) is 17.3 Å². The van der Waals surface area contributed by atoms with E-state index in [0.29, 0.717) is 5.75 Å². The third-order valence-corrected chi connectivity index (χ3v) is 4.52. The molecule has 1 atom stereocenters. The van der Waals surface area contributed by atoms with Crippen LogP contribution in [-0.2, 0) is 10.5 Å². The van der Waals surface area contributed by atoms with Crippen LogP contribution in [0.3, 0.4) is 0 Å². The molecule has 1 N–H and O–H groups in total. The minimum Gasteiger partial charge on any atom is -0.394 e. The molecule has 0 radical (unpaired) electrons. The number of carbonyl (C=O) groups is 1. The van der Waals surface area contributed by atoms with E-state index in [9.17, 15) is 9.90 Å². The van der Waals surface area contributed by atoms with Gasteiger partial charge >= 0.3 is 0 Å². The van der Waals surface area contributed by atoms with Crippen molar-refractivity contribution in [3.8, 4) is 0 Å². The van der Waals surface area contributed by atoms with Crippen LogP contribution in [0.15, 0.2) is 24.3 Å². The lowest BCUT2D eigenvalue weighted by atomic mass is 10.2. The summed E-state index contributed by atoms with van der Waals surface area (Å²) in [6, 6.07) is 7.72. The minimum absolute atomic E-state index is 0.0271. The summed E-state index contributed by atoms with van der Waals surface area (Å²) >= 11 is 7.51. The van der Waals surface area contributed by atoms with Gasteiger partial charge in [-0.15, -0.1) is 11.8 Å². The number of rotatable bonds is 5. The molecule has 1 amide bonds. The maximum Gasteiger partial charge on any atom is 0.232 e. The van der Waals surface area contributed by atoms with Crippen molar-refractivity contribution in [2.45, 2.75) is 24.6 Å². The van der Waals surface area contributed by atoms with Gasteiger partial charge in [-0.1, -0.05) is 23.7 Å². The van der Waals surface area contributed by atoms with E-state index in [2.05, 4.69) is 0 Å². The van der Waals surface area contributed by atoms with E-state index in [4.69, 9.17) is 11.6 Å². The van der Waals surface area contributed by atoms with Gasteiger partial charge in [-0.2, -0.15) is 0 Å². The predicted octanol–water partition coefficient (Wildman–Crippen LogP) is 2.56. The highest BCUT2D eigenvalue weighted by Crippen LogP contribution is 2.20. The SMILES string of the molecule is O=C(CSCc1cccc(Cl)c1)N1CCC[C@@H]1CO. The first-order valence-corrected chi connectivity index (χ1v) is 7.96. The second kappa shape index (κ2) is 7.17. The number of carbonyl (C=O) groups excluding carboxylic acids is 1. The van der Waals surface area contributed by atoms with Gasteiger partial charge in [0.05, 0.1) is 18.4 Å². The van der Waals surface area contributed by atoms with Crippen LogP contribution in [-0.4, -0.2) is 40.9 Å². The average Bonchev–Trinajstić information content (AvgIpc) is 2.87. The number of aliphatic hydroxyl groups is 1. The van der Waals surface area contributed by atoms with Crippen LogP contribution in [0.2, 0.25) is 5.02 Å². The number of halogens is 1. The Bertz CT molecular complexity index is 441. The Labute approximate surface area is 122 Å². The van der Waals surface area contributed by atoms with Gasteiger partial charge in [-0.3, -0.25) is 4.79 Å². The largest absolute Gasteiger partial charge is 0.394 e. The van der Waals surface area contributed by atoms with E-state index in [1.165, 1.54) is 0 Å². The Morgan fingerprint density at radius 3 is 3.11 bits per heavy atom. The Kier molecular flexibility index (Phi) is 5.55. The molecule has 3 nitrogen and oxygen atoms in total. The first-order chi connectivity index (χ1) is 9.20. The van der Waals surface area contributed by atoms with Crippen LogP contribution in [0.1, 0.15) is 18.4 Å². The van der Waals surface area contributed by atoms with Crippen LogP contribution in [0.4, 0.5) is 0 Å². The van der Waals surface area contributed by atoms with E-state index in [1.807, 2.05) is 29.2 Å². The number of hydrogen-bond acceptors (Lipinski definition) is 3. The maximum atomic E-state index is 12.0. The second-order valence-corrected chi connectivity index (χ2v) is 6.11. The smallest absolute Gasteiger partial charge is 0.232 e. The molecule has 0 bridgehead atoms. The zero-order chi connectivity index (χ0) is 13.7. The molecule has 1 heterocycles. The van der Waals surface area contributed by atoms with Gasteiger partial charge in [-0.05, 0) is 30.5 Å². The molecule has 5 heteroatoms. The average molecular weight is 300 g/mol. The number of hydrogen-bond donors (Lipinski definition) is 1. The van der Waals surface area contributed by atoms with Crippen LogP contribution in [0.5, 0.6) is 0 Å². The van der Waals surface area contributed by atoms with Gasteiger partial charge in [0.1, 0.15) is 0 Å². The summed E-state index contributed by atoms with van der Waals surface area (Å²) in [5, 5.41) is 9.93. The molecule has 0 aliphatic carbocycles. The van der Waals surface area contributed by atoms with Crippen molar-refractivity contribution in [2.24, 2.45) is 0 Å². The van der Waals surface area contributed by atoms with Crippen molar-refractivity contribution in [1.82, 2.24) is 4.90 Å². The summed E-state index contributed by atoms with van der Waals surface area (Å²) in [4.78, 5) is 13.9. The molecule has 1 saturated heterocycles. The number of benzene rings is 1. The number of aliphatic hydroxyl groups excluding tert-OH is 1. The Balaban J connectivity index is 1.78. The molecule has 0 unspecified atom stereocenters. The van der Waals surface area contributed by atoms with E-state index in [0.717, 1.165) is 35.7 Å². The Hall–Kier alpha value is -0.710. The third-order valence-electron chi connectivity index (χ3n) is 3.29. The van der Waals surface area contributed by atoms with Crippen molar-refractivity contribution < 1.29 is 9.90 Å². The molecular weight excluding hydrogens is 282 g/mol. The van der Waals surface area contributed by atoms with Gasteiger partial charge in [0.25, 0.3) is 0 Å². The number of likely N-dealkylation sites (tertiary alicyclic amines) is 1. The maximum absolute atomic E-state index is 12.0. The molecule has 0 spiro atoms. The molecule has 2 rings (SSSR count). The predicted molar refractivity (Wildman–Crippen MR) is 79.4 cm³/mol. The first-order valence-electron chi connectivity index (χ1n) is 6.43. The van der Waals surface area contributed by atoms with E-state index < -0.39 is 0 Å². The number of thioether (sulfide) groups is 1. The standard InChI is InChI=1S/C14H18ClNO2S/c15-12-4-1-3-11(7-12)9-19-10-14(18)16-6-2-5-13(16)8-17/h1,3-4,7,13,17H,2,5-6,8-10H2/t13-/m1/s1. The second-order valence-electron chi connectivity index (χ2n) is 4.69. The quantitative estimate of drug-likeness (QED) is 0.908. The summed E-state index contributed by atoms with van der Waals surface area (Å²) in [5.74, 6) is 1.37. The molecular formula is C14H18ClNO2S. The highest BCUT2D eigenvalue weighted by atomic mass is 35.5. The molecule has 1 aliphatic heterocycles. The fourth-order valence-electron chi connectivity index (χ4n) is 2.32. The van der Waals surface area contributed by atoms with Crippen molar-refractivity contribution >= 4 is 29.3 Å². The molecule has 0 aromatic heterocycles. The topological polar surface area (TPSA) is 40.5 Å². The number of amides is 1. The normalized spacial score (nSPS) is 18.8. The van der Waals surface area contributed by atoms with Gasteiger partial charge in [0.15, 0.2) is 0 Å². The van der Waals surface area contributed by atoms with Crippen molar-refractivity contribution in [3.63, 3.8) is 0 Å². The summed E-state index contributed by atoms with van der Waals surface area (Å²) in [5.41, 5.74) is 1.13. The lowest BCUT2D eigenvalue weighted by molar-refractivity contribution is -0.129. The molecule has 1 aliphatic rings. The fourth-order valence-corrected chi connectivity index (χ4v) is 3.39. The Morgan fingerprint density at radius 1 is 1.53 bits per heavy atom. The van der Waals surface area contributed by atoms with Crippen molar-refractivity contribution in [3.05, 3.63) is 34.9 Å². The highest BCUT2D eigenvalue weighted by Gasteiger charge is 2.27.